The second-order valence-electron chi connectivity index (χ2n) is 2.33. The molecule has 0 bridgehead atoms. The van der Waals surface area contributed by atoms with Crippen molar-refractivity contribution in [2.45, 2.75) is 6.04 Å². The molecule has 11 heavy (non-hydrogen) atoms. The van der Waals surface area contributed by atoms with Gasteiger partial charge in [0.2, 0.25) is 0 Å². The molecule has 0 saturated heterocycles. The van der Waals surface area contributed by atoms with E-state index < -0.39 is 0 Å². The van der Waals surface area contributed by atoms with Gasteiger partial charge in [0.15, 0.2) is 0 Å². The minimum Gasteiger partial charge on any atom is -0.322 e. The lowest BCUT2D eigenvalue weighted by Crippen LogP contribution is -2.12. The number of nitrogens with two attached hydrogens (primary N) is 1. The fourth-order valence-corrected chi connectivity index (χ4v) is 0.886. The molecule has 0 heterocycles. The zero-order valence-corrected chi connectivity index (χ0v) is 6.10. The van der Waals surface area contributed by atoms with Crippen LogP contribution in [0.3, 0.4) is 0 Å². The number of benzene rings is 1. The molecule has 1 aromatic rings. The van der Waals surface area contributed by atoms with Crippen molar-refractivity contribution in [2.75, 3.05) is 6.54 Å². The summed E-state index contributed by atoms with van der Waals surface area (Å²) in [5.41, 5.74) is 6.56. The van der Waals surface area contributed by atoms with Crippen molar-refractivity contribution >= 4 is 0 Å². The van der Waals surface area contributed by atoms with Gasteiger partial charge in [0.25, 0.3) is 0 Å². The molecule has 58 valence electrons. The summed E-state index contributed by atoms with van der Waals surface area (Å²) in [6.07, 6.45) is 0. The topological polar surface area (TPSA) is 55.4 Å². The summed E-state index contributed by atoms with van der Waals surface area (Å²) in [4.78, 5) is 9.86. The summed E-state index contributed by atoms with van der Waals surface area (Å²) in [5, 5.41) is 2.74. The first kappa shape index (κ1) is 7.88. The van der Waals surface area contributed by atoms with Crippen LogP contribution in [0, 0.1) is 4.91 Å². The highest BCUT2D eigenvalue weighted by Crippen LogP contribution is 2.08. The normalized spacial score (nSPS) is 12.5. The molecule has 0 unspecified atom stereocenters. The Labute approximate surface area is 65.2 Å². The van der Waals surface area contributed by atoms with Crippen molar-refractivity contribution in [3.63, 3.8) is 0 Å². The summed E-state index contributed by atoms with van der Waals surface area (Å²) in [6.45, 7) is 0.143. The molecule has 3 heteroatoms. The minimum absolute atomic E-state index is 0.143. The molecule has 1 rings (SSSR count). The first-order valence-electron chi connectivity index (χ1n) is 3.44. The van der Waals surface area contributed by atoms with Gasteiger partial charge in [-0.15, -0.1) is 0 Å². The van der Waals surface area contributed by atoms with Gasteiger partial charge in [0.05, 0.1) is 6.04 Å². The smallest absolute Gasteiger partial charge is 0.100 e. The van der Waals surface area contributed by atoms with Crippen LogP contribution in [0.5, 0.6) is 0 Å². The Bertz CT molecular complexity index is 223. The molecule has 0 spiro atoms. The average Bonchev–Trinajstić information content (AvgIpc) is 2.07. The van der Waals surface area contributed by atoms with Crippen LogP contribution in [-0.2, 0) is 0 Å². The third-order valence-electron chi connectivity index (χ3n) is 1.50. The quantitative estimate of drug-likeness (QED) is 0.663. The highest BCUT2D eigenvalue weighted by molar-refractivity contribution is 5.18. The van der Waals surface area contributed by atoms with Crippen LogP contribution < -0.4 is 5.73 Å². The van der Waals surface area contributed by atoms with Crippen molar-refractivity contribution in [1.29, 1.82) is 0 Å². The van der Waals surface area contributed by atoms with Crippen molar-refractivity contribution in [3.05, 3.63) is 40.8 Å². The summed E-state index contributed by atoms with van der Waals surface area (Å²) < 4.78 is 0. The van der Waals surface area contributed by atoms with E-state index in [-0.39, 0.29) is 12.6 Å². The molecule has 0 aliphatic carbocycles. The minimum atomic E-state index is -0.256. The predicted molar refractivity (Wildman–Crippen MR) is 44.0 cm³/mol. The molecular formula is C8H10N2O. The van der Waals surface area contributed by atoms with Crippen LogP contribution in [0.4, 0.5) is 0 Å². The monoisotopic (exact) mass is 150 g/mol. The number of nitroso groups, excluding NO2 is 1. The Balaban J connectivity index is 2.68. The maximum absolute atomic E-state index is 9.86. The van der Waals surface area contributed by atoms with Crippen LogP contribution in [0.1, 0.15) is 11.6 Å². The van der Waals surface area contributed by atoms with Crippen molar-refractivity contribution in [3.8, 4) is 0 Å². The molecule has 0 saturated carbocycles. The Morgan fingerprint density at radius 3 is 2.55 bits per heavy atom. The van der Waals surface area contributed by atoms with E-state index in [2.05, 4.69) is 5.18 Å². The van der Waals surface area contributed by atoms with Gasteiger partial charge in [-0.2, -0.15) is 4.91 Å². The summed E-state index contributed by atoms with van der Waals surface area (Å²) in [5.74, 6) is 0. The van der Waals surface area contributed by atoms with Crippen LogP contribution in [-0.4, -0.2) is 6.54 Å². The largest absolute Gasteiger partial charge is 0.322 e. The van der Waals surface area contributed by atoms with E-state index in [9.17, 15) is 4.91 Å². The zero-order chi connectivity index (χ0) is 8.10. The lowest BCUT2D eigenvalue weighted by Gasteiger charge is -2.05. The van der Waals surface area contributed by atoms with Gasteiger partial charge in [-0.1, -0.05) is 35.5 Å². The number of rotatable bonds is 3. The Hall–Kier alpha value is -1.22. The average molecular weight is 150 g/mol. The Morgan fingerprint density at radius 1 is 1.36 bits per heavy atom. The summed E-state index contributed by atoms with van der Waals surface area (Å²) in [7, 11) is 0. The Kier molecular flexibility index (Phi) is 2.74. The zero-order valence-electron chi connectivity index (χ0n) is 6.10. The molecule has 0 aromatic heterocycles. The van der Waals surface area contributed by atoms with Gasteiger partial charge in [0, 0.05) is 0 Å². The number of nitrogens with zero attached hydrogens (tertiary/aromatic N) is 1. The molecule has 3 nitrogen and oxygen atoms in total. The van der Waals surface area contributed by atoms with Crippen molar-refractivity contribution < 1.29 is 0 Å². The van der Waals surface area contributed by atoms with Crippen molar-refractivity contribution in [1.82, 2.24) is 0 Å². The summed E-state index contributed by atoms with van der Waals surface area (Å²) in [6, 6.07) is 9.20. The van der Waals surface area contributed by atoms with E-state index in [0.29, 0.717) is 0 Å². The maximum atomic E-state index is 9.86. The van der Waals surface area contributed by atoms with Gasteiger partial charge in [0.1, 0.15) is 6.54 Å². The lowest BCUT2D eigenvalue weighted by atomic mass is 10.1. The molecule has 0 fully saturated rings. The molecule has 1 atom stereocenters. The predicted octanol–water partition coefficient (Wildman–Crippen LogP) is 1.45. The standard InChI is InChI=1S/C8H10N2O/c9-8(6-10-11)7-4-2-1-3-5-7/h1-5,8H,6,9H2/t8-/m1/s1. The van der Waals surface area contributed by atoms with Gasteiger partial charge < -0.3 is 5.73 Å². The molecule has 0 radical (unpaired) electrons. The molecule has 0 aliphatic heterocycles. The second kappa shape index (κ2) is 3.83. The van der Waals surface area contributed by atoms with Crippen LogP contribution in [0.2, 0.25) is 0 Å². The van der Waals surface area contributed by atoms with Crippen LogP contribution >= 0.6 is 0 Å². The third-order valence-corrected chi connectivity index (χ3v) is 1.50. The second-order valence-corrected chi connectivity index (χ2v) is 2.33. The van der Waals surface area contributed by atoms with E-state index in [4.69, 9.17) is 5.73 Å². The Morgan fingerprint density at radius 2 is 2.00 bits per heavy atom. The number of hydrogen-bond donors (Lipinski definition) is 1. The van der Waals surface area contributed by atoms with Crippen LogP contribution in [0.15, 0.2) is 35.5 Å². The first-order chi connectivity index (χ1) is 5.34. The van der Waals surface area contributed by atoms with E-state index in [0.717, 1.165) is 5.56 Å². The maximum Gasteiger partial charge on any atom is 0.100 e. The fraction of sp³-hybridized carbons (Fsp3) is 0.250. The molecule has 0 amide bonds. The van der Waals surface area contributed by atoms with Crippen LogP contribution in [0.25, 0.3) is 0 Å². The molecule has 1 aromatic carbocycles. The molecule has 0 aliphatic rings. The van der Waals surface area contributed by atoms with Gasteiger partial charge >= 0.3 is 0 Å². The lowest BCUT2D eigenvalue weighted by molar-refractivity contribution is 0.735. The fourth-order valence-electron chi connectivity index (χ4n) is 0.886. The van der Waals surface area contributed by atoms with E-state index >= 15 is 0 Å². The van der Waals surface area contributed by atoms with E-state index in [1.165, 1.54) is 0 Å². The third kappa shape index (κ3) is 2.13. The van der Waals surface area contributed by atoms with E-state index in [1.807, 2.05) is 30.3 Å². The molecule has 2 N–H and O–H groups in total. The molecular weight excluding hydrogens is 140 g/mol. The highest BCUT2D eigenvalue weighted by atomic mass is 16.3. The SMILES string of the molecule is N[C@H](CN=O)c1ccccc1. The number of hydrogen-bond acceptors (Lipinski definition) is 3. The van der Waals surface area contributed by atoms with Gasteiger partial charge in [-0.25, -0.2) is 0 Å². The van der Waals surface area contributed by atoms with Crippen molar-refractivity contribution in [2.24, 2.45) is 10.9 Å². The van der Waals surface area contributed by atoms with Gasteiger partial charge in [-0.3, -0.25) is 0 Å². The highest BCUT2D eigenvalue weighted by Gasteiger charge is 2.03. The van der Waals surface area contributed by atoms with E-state index in [1.54, 1.807) is 0 Å². The van der Waals surface area contributed by atoms with Gasteiger partial charge in [-0.05, 0) is 5.56 Å². The first-order valence-corrected chi connectivity index (χ1v) is 3.44. The summed E-state index contributed by atoms with van der Waals surface area (Å²) >= 11 is 0.